The van der Waals surface area contributed by atoms with Crippen molar-refractivity contribution in [2.75, 3.05) is 52.9 Å². The van der Waals surface area contributed by atoms with Gasteiger partial charge >= 0.3 is 0 Å². The van der Waals surface area contributed by atoms with E-state index in [1.807, 2.05) is 4.90 Å². The molecule has 2 unspecified atom stereocenters. The number of likely N-dealkylation sites (tertiary alicyclic amines) is 1. The average molecular weight is 269 g/mol. The van der Waals surface area contributed by atoms with Gasteiger partial charge in [0.1, 0.15) is 0 Å². The summed E-state index contributed by atoms with van der Waals surface area (Å²) in [6.45, 7) is 7.35. The molecule has 0 saturated carbocycles. The lowest BCUT2D eigenvalue weighted by molar-refractivity contribution is -0.135. The Kier molecular flexibility index (Phi) is 5.19. The van der Waals surface area contributed by atoms with E-state index in [1.54, 1.807) is 0 Å². The molecule has 0 aromatic carbocycles. The molecule has 5 heteroatoms. The number of piperazine rings is 1. The third kappa shape index (κ3) is 3.68. The summed E-state index contributed by atoms with van der Waals surface area (Å²) < 4.78 is 0. The Morgan fingerprint density at radius 3 is 2.53 bits per heavy atom. The minimum absolute atomic E-state index is 0.158. The van der Waals surface area contributed by atoms with Gasteiger partial charge in [-0.2, -0.15) is 0 Å². The van der Waals surface area contributed by atoms with Crippen LogP contribution in [0.2, 0.25) is 0 Å². The molecule has 0 aliphatic carbocycles. The highest BCUT2D eigenvalue weighted by Crippen LogP contribution is 2.22. The van der Waals surface area contributed by atoms with Gasteiger partial charge in [-0.25, -0.2) is 0 Å². The number of rotatable bonds is 3. The molecule has 110 valence electrons. The number of piperidine rings is 1. The van der Waals surface area contributed by atoms with Gasteiger partial charge in [-0.05, 0) is 32.4 Å². The zero-order chi connectivity index (χ0) is 13.8. The maximum absolute atomic E-state index is 12.3. The average Bonchev–Trinajstić information content (AvgIpc) is 2.39. The van der Waals surface area contributed by atoms with Crippen LogP contribution >= 0.6 is 0 Å². The maximum atomic E-state index is 12.3. The standard InChI is InChI=1S/C14H27N3O2/c1-12-4-3-5-17(13(12)11-18)10-14(19)16-8-6-15(2)7-9-16/h12-13,18H,3-11H2,1-2H3. The Bertz CT molecular complexity index is 303. The van der Waals surface area contributed by atoms with Crippen molar-refractivity contribution in [2.45, 2.75) is 25.8 Å². The summed E-state index contributed by atoms with van der Waals surface area (Å²) in [5, 5.41) is 9.52. The molecule has 5 nitrogen and oxygen atoms in total. The predicted molar refractivity (Wildman–Crippen MR) is 74.9 cm³/mol. The molecule has 2 atom stereocenters. The van der Waals surface area contributed by atoms with Crippen LogP contribution < -0.4 is 0 Å². The van der Waals surface area contributed by atoms with E-state index in [2.05, 4.69) is 23.8 Å². The Morgan fingerprint density at radius 1 is 1.21 bits per heavy atom. The van der Waals surface area contributed by atoms with E-state index in [0.29, 0.717) is 12.5 Å². The number of likely N-dealkylation sites (N-methyl/N-ethyl adjacent to an activating group) is 1. The summed E-state index contributed by atoms with van der Waals surface area (Å²) >= 11 is 0. The molecule has 0 spiro atoms. The number of hydrogen-bond acceptors (Lipinski definition) is 4. The molecule has 0 bridgehead atoms. The molecule has 0 aromatic rings. The van der Waals surface area contributed by atoms with Gasteiger partial charge in [0.15, 0.2) is 0 Å². The topological polar surface area (TPSA) is 47.0 Å². The molecule has 0 aromatic heterocycles. The SMILES string of the molecule is CC1CCCN(CC(=O)N2CCN(C)CC2)C1CO. The van der Waals surface area contributed by atoms with Gasteiger partial charge in [-0.1, -0.05) is 6.92 Å². The van der Waals surface area contributed by atoms with Crippen LogP contribution in [0.15, 0.2) is 0 Å². The van der Waals surface area contributed by atoms with E-state index in [0.717, 1.165) is 45.6 Å². The van der Waals surface area contributed by atoms with Crippen LogP contribution in [0.25, 0.3) is 0 Å². The van der Waals surface area contributed by atoms with Crippen LogP contribution in [0.1, 0.15) is 19.8 Å². The van der Waals surface area contributed by atoms with Gasteiger partial charge < -0.3 is 14.9 Å². The first kappa shape index (κ1) is 14.8. The lowest BCUT2D eigenvalue weighted by Crippen LogP contribution is -2.54. The van der Waals surface area contributed by atoms with Crippen molar-refractivity contribution < 1.29 is 9.90 Å². The Hall–Kier alpha value is -0.650. The molecule has 1 N–H and O–H groups in total. The van der Waals surface area contributed by atoms with Gasteiger partial charge in [0.05, 0.1) is 13.2 Å². The third-order valence-corrected chi connectivity index (χ3v) is 4.61. The van der Waals surface area contributed by atoms with Crippen molar-refractivity contribution in [3.63, 3.8) is 0 Å². The predicted octanol–water partition coefficient (Wildman–Crippen LogP) is -0.147. The molecule has 2 aliphatic rings. The number of aliphatic hydroxyl groups is 1. The molecular weight excluding hydrogens is 242 g/mol. The molecule has 2 fully saturated rings. The van der Waals surface area contributed by atoms with Crippen LogP contribution in [0.3, 0.4) is 0 Å². The van der Waals surface area contributed by atoms with Crippen molar-refractivity contribution in [3.8, 4) is 0 Å². The van der Waals surface area contributed by atoms with Gasteiger partial charge in [-0.3, -0.25) is 9.69 Å². The molecule has 2 aliphatic heterocycles. The zero-order valence-corrected chi connectivity index (χ0v) is 12.2. The highest BCUT2D eigenvalue weighted by molar-refractivity contribution is 5.78. The molecule has 2 saturated heterocycles. The second kappa shape index (κ2) is 6.68. The number of aliphatic hydroxyl groups excluding tert-OH is 1. The number of carbonyl (C=O) groups excluding carboxylic acids is 1. The quantitative estimate of drug-likeness (QED) is 0.774. The van der Waals surface area contributed by atoms with Gasteiger partial charge in [0, 0.05) is 32.2 Å². The fourth-order valence-corrected chi connectivity index (χ4v) is 3.16. The first-order valence-electron chi connectivity index (χ1n) is 7.43. The zero-order valence-electron chi connectivity index (χ0n) is 12.2. The number of nitrogens with zero attached hydrogens (tertiary/aromatic N) is 3. The normalized spacial score (nSPS) is 30.6. The summed E-state index contributed by atoms with van der Waals surface area (Å²) in [5.41, 5.74) is 0. The van der Waals surface area contributed by atoms with Crippen LogP contribution in [0, 0.1) is 5.92 Å². The number of carbonyl (C=O) groups is 1. The fraction of sp³-hybridized carbons (Fsp3) is 0.929. The van der Waals surface area contributed by atoms with E-state index in [1.165, 1.54) is 0 Å². The minimum atomic E-state index is 0.158. The van der Waals surface area contributed by atoms with Crippen LogP contribution in [0.5, 0.6) is 0 Å². The summed E-state index contributed by atoms with van der Waals surface area (Å²) in [5.74, 6) is 0.708. The fourth-order valence-electron chi connectivity index (χ4n) is 3.16. The van der Waals surface area contributed by atoms with Crippen LogP contribution in [-0.2, 0) is 4.79 Å². The van der Waals surface area contributed by atoms with Gasteiger partial charge in [0.2, 0.25) is 5.91 Å². The third-order valence-electron chi connectivity index (χ3n) is 4.61. The van der Waals surface area contributed by atoms with E-state index in [4.69, 9.17) is 0 Å². The smallest absolute Gasteiger partial charge is 0.236 e. The van der Waals surface area contributed by atoms with Crippen molar-refractivity contribution in [1.29, 1.82) is 0 Å². The van der Waals surface area contributed by atoms with Crippen molar-refractivity contribution in [2.24, 2.45) is 5.92 Å². The lowest BCUT2D eigenvalue weighted by atomic mass is 9.91. The largest absolute Gasteiger partial charge is 0.395 e. The first-order valence-corrected chi connectivity index (χ1v) is 7.43. The minimum Gasteiger partial charge on any atom is -0.395 e. The molecular formula is C14H27N3O2. The van der Waals surface area contributed by atoms with Crippen LogP contribution in [-0.4, -0.2) is 84.7 Å². The van der Waals surface area contributed by atoms with E-state index >= 15 is 0 Å². The summed E-state index contributed by atoms with van der Waals surface area (Å²) in [6, 6.07) is 0.158. The van der Waals surface area contributed by atoms with E-state index in [9.17, 15) is 9.90 Å². The molecule has 0 radical (unpaired) electrons. The summed E-state index contributed by atoms with van der Waals surface area (Å²) in [4.78, 5) is 18.7. The molecule has 19 heavy (non-hydrogen) atoms. The Morgan fingerprint density at radius 2 is 1.89 bits per heavy atom. The maximum Gasteiger partial charge on any atom is 0.236 e. The first-order chi connectivity index (χ1) is 9.11. The molecule has 1 amide bonds. The molecule has 2 heterocycles. The Labute approximate surface area is 116 Å². The number of amides is 1. The van der Waals surface area contributed by atoms with Crippen molar-refractivity contribution in [1.82, 2.24) is 14.7 Å². The summed E-state index contributed by atoms with van der Waals surface area (Å²) in [6.07, 6.45) is 2.29. The van der Waals surface area contributed by atoms with Crippen molar-refractivity contribution >= 4 is 5.91 Å². The molecule has 2 rings (SSSR count). The van der Waals surface area contributed by atoms with E-state index in [-0.39, 0.29) is 18.6 Å². The lowest BCUT2D eigenvalue weighted by Gasteiger charge is -2.40. The Balaban J connectivity index is 1.87. The second-order valence-corrected chi connectivity index (χ2v) is 6.02. The highest BCUT2D eigenvalue weighted by atomic mass is 16.3. The monoisotopic (exact) mass is 269 g/mol. The van der Waals surface area contributed by atoms with Gasteiger partial charge in [-0.15, -0.1) is 0 Å². The van der Waals surface area contributed by atoms with Crippen molar-refractivity contribution in [3.05, 3.63) is 0 Å². The summed E-state index contributed by atoms with van der Waals surface area (Å²) in [7, 11) is 2.09. The van der Waals surface area contributed by atoms with Gasteiger partial charge in [0.25, 0.3) is 0 Å². The van der Waals surface area contributed by atoms with Crippen LogP contribution in [0.4, 0.5) is 0 Å². The highest BCUT2D eigenvalue weighted by Gasteiger charge is 2.30. The second-order valence-electron chi connectivity index (χ2n) is 6.02. The van der Waals surface area contributed by atoms with E-state index < -0.39 is 0 Å². The number of hydrogen-bond donors (Lipinski definition) is 1.